The Morgan fingerprint density at radius 3 is 1.62 bits per heavy atom. The van der Waals surface area contributed by atoms with Gasteiger partial charge in [0.1, 0.15) is 24.4 Å². The maximum atomic E-state index is 11.0. The van der Waals surface area contributed by atoms with E-state index < -0.39 is 43.0 Å². The van der Waals surface area contributed by atoms with E-state index in [-0.39, 0.29) is 5.92 Å². The van der Waals surface area contributed by atoms with Gasteiger partial charge < -0.3 is 30.6 Å². The Labute approximate surface area is 190 Å². The first kappa shape index (κ1) is 26.5. The van der Waals surface area contributed by atoms with Crippen molar-refractivity contribution in [2.45, 2.75) is 70.6 Å². The van der Waals surface area contributed by atoms with Gasteiger partial charge in [0.05, 0.1) is 12.7 Å². The van der Waals surface area contributed by atoms with Gasteiger partial charge in [-0.1, -0.05) is 66.6 Å². The second-order valence-electron chi connectivity index (χ2n) is 9.07. The Balaban J connectivity index is 2.17. The molecule has 178 valence electrons. The van der Waals surface area contributed by atoms with Crippen LogP contribution in [0.15, 0.2) is 48.5 Å². The first-order chi connectivity index (χ1) is 15.1. The predicted octanol–water partition coefficient (Wildman–Crippen LogP) is 1.53. The fourth-order valence-electron chi connectivity index (χ4n) is 4.01. The Morgan fingerprint density at radius 1 is 0.656 bits per heavy atom. The summed E-state index contributed by atoms with van der Waals surface area (Å²) in [5, 5.41) is 60.5. The molecule has 0 fully saturated rings. The highest BCUT2D eigenvalue weighted by molar-refractivity contribution is 5.23. The van der Waals surface area contributed by atoms with E-state index in [0.717, 1.165) is 24.0 Å². The zero-order valence-corrected chi connectivity index (χ0v) is 19.2. The maximum absolute atomic E-state index is 11.0. The number of aryl methyl sites for hydroxylation is 3. The zero-order chi connectivity index (χ0) is 23.8. The average molecular weight is 447 g/mol. The minimum atomic E-state index is -1.79. The molecule has 2 aromatic rings. The van der Waals surface area contributed by atoms with Crippen LogP contribution in [0, 0.1) is 25.7 Å². The molecule has 6 nitrogen and oxygen atoms in total. The Kier molecular flexibility index (Phi) is 10.3. The van der Waals surface area contributed by atoms with E-state index in [1.165, 1.54) is 11.1 Å². The second-order valence-corrected chi connectivity index (χ2v) is 9.07. The van der Waals surface area contributed by atoms with Gasteiger partial charge in [0.15, 0.2) is 0 Å². The molecule has 0 bridgehead atoms. The minimum Gasteiger partial charge on any atom is -0.394 e. The van der Waals surface area contributed by atoms with Gasteiger partial charge in [-0.05, 0) is 56.1 Å². The van der Waals surface area contributed by atoms with Crippen LogP contribution in [0.5, 0.6) is 0 Å². The fraction of sp³-hybridized carbons (Fsp3) is 0.538. The fourth-order valence-corrected chi connectivity index (χ4v) is 4.01. The van der Waals surface area contributed by atoms with E-state index in [1.54, 1.807) is 0 Å². The molecule has 6 heteroatoms. The summed E-state index contributed by atoms with van der Waals surface area (Å²) in [4.78, 5) is 0. The van der Waals surface area contributed by atoms with E-state index in [9.17, 15) is 25.5 Å². The van der Waals surface area contributed by atoms with Crippen molar-refractivity contribution in [3.05, 3.63) is 70.8 Å². The molecule has 0 amide bonds. The molecule has 7 atom stereocenters. The molecule has 6 N–H and O–H groups in total. The summed E-state index contributed by atoms with van der Waals surface area (Å²) in [6, 6.07) is 16.2. The average Bonchev–Trinajstić information content (AvgIpc) is 2.80. The van der Waals surface area contributed by atoms with Crippen molar-refractivity contribution in [2.75, 3.05) is 6.61 Å². The van der Waals surface area contributed by atoms with Crippen molar-refractivity contribution in [3.63, 3.8) is 0 Å². The van der Waals surface area contributed by atoms with Gasteiger partial charge in [0.25, 0.3) is 0 Å². The second kappa shape index (κ2) is 12.4. The van der Waals surface area contributed by atoms with Crippen LogP contribution in [0.4, 0.5) is 0 Å². The van der Waals surface area contributed by atoms with Gasteiger partial charge in [-0.2, -0.15) is 0 Å². The van der Waals surface area contributed by atoms with Crippen LogP contribution in [0.2, 0.25) is 0 Å². The lowest BCUT2D eigenvalue weighted by Crippen LogP contribution is -2.52. The summed E-state index contributed by atoms with van der Waals surface area (Å²) in [6.45, 7) is 5.28. The van der Waals surface area contributed by atoms with Crippen molar-refractivity contribution >= 4 is 0 Å². The summed E-state index contributed by atoms with van der Waals surface area (Å²) >= 11 is 0. The quantitative estimate of drug-likeness (QED) is 0.294. The third kappa shape index (κ3) is 7.37. The van der Waals surface area contributed by atoms with E-state index in [1.807, 2.05) is 45.0 Å². The molecule has 3 unspecified atom stereocenters. The molecule has 0 saturated heterocycles. The van der Waals surface area contributed by atoms with Gasteiger partial charge >= 0.3 is 0 Å². The number of aliphatic hydroxyl groups excluding tert-OH is 6. The lowest BCUT2D eigenvalue weighted by Gasteiger charge is -2.35. The largest absolute Gasteiger partial charge is 0.394 e. The van der Waals surface area contributed by atoms with Crippen LogP contribution in [0.25, 0.3) is 0 Å². The van der Waals surface area contributed by atoms with Gasteiger partial charge in [0, 0.05) is 0 Å². The summed E-state index contributed by atoms with van der Waals surface area (Å²) in [5.41, 5.74) is 4.50. The van der Waals surface area contributed by atoms with Gasteiger partial charge in [-0.3, -0.25) is 0 Å². The highest BCUT2D eigenvalue weighted by Crippen LogP contribution is 2.29. The van der Waals surface area contributed by atoms with Crippen LogP contribution < -0.4 is 0 Å². The molecule has 2 rings (SSSR count). The summed E-state index contributed by atoms with van der Waals surface area (Å²) in [5.74, 6) is -0.402. The minimum absolute atomic E-state index is 0.00522. The van der Waals surface area contributed by atoms with Gasteiger partial charge in [0.2, 0.25) is 0 Å². The van der Waals surface area contributed by atoms with Crippen LogP contribution in [0.3, 0.4) is 0 Å². The van der Waals surface area contributed by atoms with Crippen molar-refractivity contribution in [1.29, 1.82) is 0 Å². The van der Waals surface area contributed by atoms with Crippen LogP contribution >= 0.6 is 0 Å². The smallest absolute Gasteiger partial charge is 0.111 e. The molecule has 0 heterocycles. The first-order valence-electron chi connectivity index (χ1n) is 11.3. The van der Waals surface area contributed by atoms with Crippen molar-refractivity contribution in [2.24, 2.45) is 11.8 Å². The molecule has 0 spiro atoms. The highest BCUT2D eigenvalue weighted by Gasteiger charge is 2.38. The van der Waals surface area contributed by atoms with Crippen molar-refractivity contribution in [3.8, 4) is 0 Å². The number of rotatable bonds is 12. The first-order valence-corrected chi connectivity index (χ1v) is 11.3. The molecule has 0 aliphatic heterocycles. The molecule has 32 heavy (non-hydrogen) atoms. The van der Waals surface area contributed by atoms with Crippen LogP contribution in [0.1, 0.15) is 35.6 Å². The number of benzene rings is 2. The highest BCUT2D eigenvalue weighted by atomic mass is 16.4. The maximum Gasteiger partial charge on any atom is 0.111 e. The molecular weight excluding hydrogens is 408 g/mol. The molecule has 2 aromatic carbocycles. The lowest BCUT2D eigenvalue weighted by atomic mass is 9.77. The molecule has 0 aromatic heterocycles. The zero-order valence-electron chi connectivity index (χ0n) is 19.2. The Bertz CT molecular complexity index is 791. The summed E-state index contributed by atoms with van der Waals surface area (Å²) < 4.78 is 0. The third-order valence-corrected chi connectivity index (χ3v) is 6.40. The number of hydrogen-bond acceptors (Lipinski definition) is 6. The molecule has 0 saturated carbocycles. The van der Waals surface area contributed by atoms with Crippen molar-refractivity contribution in [1.82, 2.24) is 0 Å². The topological polar surface area (TPSA) is 121 Å². The van der Waals surface area contributed by atoms with E-state index in [2.05, 4.69) is 24.3 Å². The summed E-state index contributed by atoms with van der Waals surface area (Å²) in [6.07, 6.45) is -6.13. The van der Waals surface area contributed by atoms with E-state index >= 15 is 0 Å². The third-order valence-electron chi connectivity index (χ3n) is 6.40. The van der Waals surface area contributed by atoms with Gasteiger partial charge in [-0.25, -0.2) is 0 Å². The van der Waals surface area contributed by atoms with E-state index in [4.69, 9.17) is 5.11 Å². The molecule has 0 aliphatic carbocycles. The molecule has 0 radical (unpaired) electrons. The monoisotopic (exact) mass is 446 g/mol. The van der Waals surface area contributed by atoms with Crippen LogP contribution in [-0.2, 0) is 12.8 Å². The van der Waals surface area contributed by atoms with E-state index in [0.29, 0.717) is 6.42 Å². The van der Waals surface area contributed by atoms with Gasteiger partial charge in [-0.15, -0.1) is 0 Å². The standard InChI is InChI=1S/C26H38O6/c1-16-4-9-19(10-5-16)13-8-18(3)21(14-20-11-6-17(2)7-12-20)23(29)25(31)26(32)24(30)22(28)15-27/h4-7,9-12,18,21-32H,8,13-15H2,1-3H3/t18?,21?,22-,23?,24+,25+,26-/m0/s1. The number of hydrogen-bond donors (Lipinski definition) is 6. The Hall–Kier alpha value is -1.80. The number of aliphatic hydroxyl groups is 6. The summed E-state index contributed by atoms with van der Waals surface area (Å²) in [7, 11) is 0. The van der Waals surface area contributed by atoms with Crippen molar-refractivity contribution < 1.29 is 30.6 Å². The lowest BCUT2D eigenvalue weighted by molar-refractivity contribution is -0.152. The molecular formula is C26H38O6. The molecule has 0 aliphatic rings. The Morgan fingerprint density at radius 2 is 1.12 bits per heavy atom. The van der Waals surface area contributed by atoms with Crippen LogP contribution in [-0.4, -0.2) is 67.8 Å². The normalized spacial score (nSPS) is 18.4. The SMILES string of the molecule is Cc1ccc(CCC(C)C(Cc2ccc(C)cc2)C(O)[C@@H](O)[C@@H](O)[C@H](O)[C@@H](O)CO)cc1. The predicted molar refractivity (Wildman–Crippen MR) is 124 cm³/mol.